The van der Waals surface area contributed by atoms with Crippen LogP contribution in [0.2, 0.25) is 5.02 Å². The number of nitrogens with one attached hydrogen (secondary N) is 1. The van der Waals surface area contributed by atoms with Crippen molar-refractivity contribution in [3.8, 4) is 5.69 Å². The van der Waals surface area contributed by atoms with Crippen LogP contribution in [0.5, 0.6) is 0 Å². The lowest BCUT2D eigenvalue weighted by atomic mass is 10.1. The summed E-state index contributed by atoms with van der Waals surface area (Å²) in [5.74, 6) is 0.874. The largest absolute Gasteiger partial charge is 0.330 e. The highest BCUT2D eigenvalue weighted by Gasteiger charge is 2.15. The number of benzene rings is 2. The van der Waals surface area contributed by atoms with Crippen LogP contribution in [0.1, 0.15) is 18.3 Å². The van der Waals surface area contributed by atoms with Crippen molar-refractivity contribution in [2.75, 3.05) is 17.5 Å². The first kappa shape index (κ1) is 18.7. The highest BCUT2D eigenvalue weighted by atomic mass is 35.5. The van der Waals surface area contributed by atoms with Crippen LogP contribution in [0.4, 0.5) is 5.69 Å². The van der Waals surface area contributed by atoms with E-state index in [4.69, 9.17) is 17.3 Å². The van der Waals surface area contributed by atoms with Gasteiger partial charge in [-0.25, -0.2) is 13.4 Å². The van der Waals surface area contributed by atoms with Gasteiger partial charge in [-0.1, -0.05) is 30.7 Å². The van der Waals surface area contributed by atoms with E-state index in [9.17, 15) is 8.42 Å². The Morgan fingerprint density at radius 1 is 1.23 bits per heavy atom. The molecule has 1 aromatic heterocycles. The maximum absolute atomic E-state index is 11.5. The average Bonchev–Trinajstić information content (AvgIpc) is 2.92. The molecule has 0 atom stereocenters. The number of anilines is 1. The van der Waals surface area contributed by atoms with Gasteiger partial charge in [0.05, 0.1) is 28.0 Å². The van der Waals surface area contributed by atoms with E-state index in [1.54, 1.807) is 12.1 Å². The molecule has 0 bridgehead atoms. The van der Waals surface area contributed by atoms with E-state index in [1.807, 2.05) is 23.6 Å². The smallest absolute Gasteiger partial charge is 0.229 e. The fourth-order valence-electron chi connectivity index (χ4n) is 2.93. The number of nitrogens with zero attached hydrogens (tertiary/aromatic N) is 2. The summed E-state index contributed by atoms with van der Waals surface area (Å²) in [5, 5.41) is 0.325. The highest BCUT2D eigenvalue weighted by molar-refractivity contribution is 7.92. The molecule has 0 saturated heterocycles. The first-order valence-corrected chi connectivity index (χ1v) is 10.6. The SMILES string of the molecule is CCc1nc2cc(NS(C)(=O)=O)c(Cl)cc2n1-c1ccc(CCN)cc1. The lowest BCUT2D eigenvalue weighted by Crippen LogP contribution is -2.09. The summed E-state index contributed by atoms with van der Waals surface area (Å²) < 4.78 is 27.5. The van der Waals surface area contributed by atoms with Crippen molar-refractivity contribution in [1.82, 2.24) is 9.55 Å². The molecule has 2 aromatic carbocycles. The number of rotatable bonds is 6. The van der Waals surface area contributed by atoms with Crippen LogP contribution in [0.25, 0.3) is 16.7 Å². The predicted molar refractivity (Wildman–Crippen MR) is 107 cm³/mol. The molecule has 26 heavy (non-hydrogen) atoms. The van der Waals surface area contributed by atoms with E-state index in [1.165, 1.54) is 5.56 Å². The fourth-order valence-corrected chi connectivity index (χ4v) is 3.76. The lowest BCUT2D eigenvalue weighted by Gasteiger charge is -2.11. The summed E-state index contributed by atoms with van der Waals surface area (Å²) in [5.41, 5.74) is 9.60. The Hall–Kier alpha value is -2.09. The van der Waals surface area contributed by atoms with Gasteiger partial charge in [0, 0.05) is 12.1 Å². The number of sulfonamides is 1. The van der Waals surface area contributed by atoms with Crippen molar-refractivity contribution >= 4 is 38.3 Å². The third-order valence-corrected chi connectivity index (χ3v) is 4.96. The predicted octanol–water partition coefficient (Wildman–Crippen LogP) is 3.11. The van der Waals surface area contributed by atoms with E-state index in [2.05, 4.69) is 21.8 Å². The number of aromatic nitrogens is 2. The number of fused-ring (bicyclic) bond motifs is 1. The number of imidazole rings is 1. The molecule has 3 rings (SSSR count). The van der Waals surface area contributed by atoms with Gasteiger partial charge in [0.25, 0.3) is 0 Å². The minimum atomic E-state index is -3.42. The first-order chi connectivity index (χ1) is 12.3. The Bertz CT molecular complexity index is 1040. The summed E-state index contributed by atoms with van der Waals surface area (Å²) in [6.45, 7) is 2.64. The maximum atomic E-state index is 11.5. The zero-order valence-electron chi connectivity index (χ0n) is 14.7. The van der Waals surface area contributed by atoms with Crippen LogP contribution in [0.15, 0.2) is 36.4 Å². The van der Waals surface area contributed by atoms with Crippen LogP contribution in [-0.2, 0) is 22.9 Å². The minimum absolute atomic E-state index is 0.325. The van der Waals surface area contributed by atoms with Crippen LogP contribution in [-0.4, -0.2) is 30.8 Å². The maximum Gasteiger partial charge on any atom is 0.229 e. The third kappa shape index (κ3) is 3.85. The first-order valence-electron chi connectivity index (χ1n) is 8.30. The van der Waals surface area contributed by atoms with E-state index in [0.717, 1.165) is 36.1 Å². The Kier molecular flexibility index (Phi) is 5.22. The number of hydrogen-bond acceptors (Lipinski definition) is 4. The summed E-state index contributed by atoms with van der Waals surface area (Å²) in [6, 6.07) is 11.6. The molecule has 3 aromatic rings. The number of aryl methyl sites for hydroxylation is 1. The second-order valence-electron chi connectivity index (χ2n) is 6.12. The Morgan fingerprint density at radius 2 is 1.92 bits per heavy atom. The molecule has 1 heterocycles. The van der Waals surface area contributed by atoms with Gasteiger partial charge in [-0.3, -0.25) is 9.29 Å². The van der Waals surface area contributed by atoms with E-state index in [0.29, 0.717) is 22.8 Å². The highest BCUT2D eigenvalue weighted by Crippen LogP contribution is 2.31. The van der Waals surface area contributed by atoms with Gasteiger partial charge in [0.15, 0.2) is 0 Å². The van der Waals surface area contributed by atoms with E-state index < -0.39 is 10.0 Å². The van der Waals surface area contributed by atoms with Gasteiger partial charge in [-0.05, 0) is 42.8 Å². The summed E-state index contributed by atoms with van der Waals surface area (Å²) >= 11 is 6.31. The molecule has 0 aliphatic heterocycles. The van der Waals surface area contributed by atoms with Gasteiger partial charge in [-0.15, -0.1) is 0 Å². The van der Waals surface area contributed by atoms with Crippen LogP contribution >= 0.6 is 11.6 Å². The van der Waals surface area contributed by atoms with Crippen molar-refractivity contribution in [2.24, 2.45) is 5.73 Å². The van der Waals surface area contributed by atoms with Crippen molar-refractivity contribution < 1.29 is 8.42 Å². The lowest BCUT2D eigenvalue weighted by molar-refractivity contribution is 0.607. The standard InChI is InChI=1S/C18H21ClN4O2S/c1-3-18-21-16-11-15(22-26(2,24)25)14(19)10-17(16)23(18)13-6-4-12(5-7-13)8-9-20/h4-7,10-11,22H,3,8-9,20H2,1-2H3. The van der Waals surface area contributed by atoms with Crippen LogP contribution in [0.3, 0.4) is 0 Å². The molecule has 0 saturated carbocycles. The van der Waals surface area contributed by atoms with Gasteiger partial charge in [-0.2, -0.15) is 0 Å². The number of halogens is 1. The normalized spacial score (nSPS) is 11.8. The molecule has 0 amide bonds. The molecular weight excluding hydrogens is 372 g/mol. The van der Waals surface area contributed by atoms with Gasteiger partial charge >= 0.3 is 0 Å². The second-order valence-corrected chi connectivity index (χ2v) is 8.27. The molecule has 0 radical (unpaired) electrons. The summed E-state index contributed by atoms with van der Waals surface area (Å²) in [7, 11) is -3.42. The molecule has 3 N–H and O–H groups in total. The van der Waals surface area contributed by atoms with Gasteiger partial charge in [0.1, 0.15) is 5.82 Å². The van der Waals surface area contributed by atoms with Crippen LogP contribution in [0, 0.1) is 0 Å². The molecule has 0 fully saturated rings. The average molecular weight is 393 g/mol. The van der Waals surface area contributed by atoms with Gasteiger partial charge in [0.2, 0.25) is 10.0 Å². The Balaban J connectivity index is 2.14. The Morgan fingerprint density at radius 3 is 2.50 bits per heavy atom. The van der Waals surface area contributed by atoms with Crippen LogP contribution < -0.4 is 10.5 Å². The van der Waals surface area contributed by atoms with E-state index >= 15 is 0 Å². The quantitative estimate of drug-likeness (QED) is 0.674. The zero-order chi connectivity index (χ0) is 18.9. The summed E-state index contributed by atoms with van der Waals surface area (Å²) in [4.78, 5) is 4.65. The minimum Gasteiger partial charge on any atom is -0.330 e. The Labute approximate surface area is 158 Å². The van der Waals surface area contributed by atoms with E-state index in [-0.39, 0.29) is 0 Å². The molecule has 0 spiro atoms. The molecular formula is C18H21ClN4O2S. The molecule has 8 heteroatoms. The molecule has 0 unspecified atom stereocenters. The second kappa shape index (κ2) is 7.26. The number of nitrogens with two attached hydrogens (primary N) is 1. The molecule has 6 nitrogen and oxygen atoms in total. The van der Waals surface area contributed by atoms with Crippen molar-refractivity contribution in [2.45, 2.75) is 19.8 Å². The van der Waals surface area contributed by atoms with Crippen molar-refractivity contribution in [3.05, 3.63) is 52.8 Å². The topological polar surface area (TPSA) is 90.0 Å². The zero-order valence-corrected chi connectivity index (χ0v) is 16.2. The molecule has 0 aliphatic rings. The third-order valence-electron chi connectivity index (χ3n) is 4.05. The monoisotopic (exact) mass is 392 g/mol. The van der Waals surface area contributed by atoms with Crippen molar-refractivity contribution in [1.29, 1.82) is 0 Å². The van der Waals surface area contributed by atoms with Gasteiger partial charge < -0.3 is 5.73 Å². The van der Waals surface area contributed by atoms with Crippen molar-refractivity contribution in [3.63, 3.8) is 0 Å². The fraction of sp³-hybridized carbons (Fsp3) is 0.278. The number of hydrogen-bond donors (Lipinski definition) is 2. The molecule has 138 valence electrons. The molecule has 0 aliphatic carbocycles. The summed E-state index contributed by atoms with van der Waals surface area (Å²) in [6.07, 6.45) is 2.65.